The molecule has 1 atom stereocenters. The minimum absolute atomic E-state index is 0. The average Bonchev–Trinajstić information content (AvgIpc) is 3.14. The van der Waals surface area contributed by atoms with Gasteiger partial charge < -0.3 is 10.0 Å². The highest BCUT2D eigenvalue weighted by molar-refractivity contribution is 5.85. The first-order valence-electron chi connectivity index (χ1n) is 10.3. The number of aliphatic hydroxyl groups excluding tert-OH is 1. The smallest absolute Gasteiger partial charge is 0.390 e. The zero-order valence-corrected chi connectivity index (χ0v) is 19.3. The fourth-order valence-corrected chi connectivity index (χ4v) is 3.77. The highest BCUT2D eigenvalue weighted by atomic mass is 35.5. The van der Waals surface area contributed by atoms with E-state index in [2.05, 4.69) is 5.10 Å². The summed E-state index contributed by atoms with van der Waals surface area (Å²) >= 11 is 0. The van der Waals surface area contributed by atoms with E-state index in [9.17, 15) is 23.1 Å². The highest BCUT2D eigenvalue weighted by Crippen LogP contribution is 2.30. The van der Waals surface area contributed by atoms with E-state index in [1.165, 1.54) is 22.8 Å². The van der Waals surface area contributed by atoms with Gasteiger partial charge in [0, 0.05) is 29.9 Å². The van der Waals surface area contributed by atoms with Crippen LogP contribution >= 0.6 is 12.4 Å². The number of alkyl halides is 3. The number of hydrogen-bond acceptors (Lipinski definition) is 4. The standard InChI is InChI=1S/C24H23F3N4O2.ClH/c1-29(2)14-21(32)15-31-22-8-7-20(11-18(22)13-28-31)30-10-9-17(12-23(30)33)16-3-5-19(6-4-16)24(25,26)27;/h3-13,21,32H,14-15H2,1-2H3;1H/t21-;/m1./s1. The van der Waals surface area contributed by atoms with Crippen LogP contribution in [-0.2, 0) is 12.7 Å². The van der Waals surface area contributed by atoms with Crippen LogP contribution in [0.3, 0.4) is 0 Å². The largest absolute Gasteiger partial charge is 0.416 e. The van der Waals surface area contributed by atoms with Gasteiger partial charge in [-0.1, -0.05) is 12.1 Å². The van der Waals surface area contributed by atoms with Gasteiger partial charge >= 0.3 is 6.18 Å². The molecular weight excluding hydrogens is 469 g/mol. The van der Waals surface area contributed by atoms with Gasteiger partial charge in [-0.2, -0.15) is 18.3 Å². The number of aliphatic hydroxyl groups is 1. The molecule has 4 aromatic rings. The monoisotopic (exact) mass is 492 g/mol. The van der Waals surface area contributed by atoms with E-state index in [-0.39, 0.29) is 18.0 Å². The van der Waals surface area contributed by atoms with Crippen molar-refractivity contribution in [3.63, 3.8) is 0 Å². The summed E-state index contributed by atoms with van der Waals surface area (Å²) in [5.74, 6) is 0. The average molecular weight is 493 g/mol. The SMILES string of the molecule is CN(C)C[C@@H](O)Cn1ncc2cc(-n3ccc(-c4ccc(C(F)(F)F)cc4)cc3=O)ccc21.Cl. The van der Waals surface area contributed by atoms with Crippen LogP contribution < -0.4 is 5.56 Å². The molecule has 4 rings (SSSR count). The minimum atomic E-state index is -4.40. The van der Waals surface area contributed by atoms with Gasteiger partial charge in [0.1, 0.15) is 0 Å². The lowest BCUT2D eigenvalue weighted by molar-refractivity contribution is -0.137. The first-order valence-corrected chi connectivity index (χ1v) is 10.3. The number of nitrogens with zero attached hydrogens (tertiary/aromatic N) is 4. The third kappa shape index (κ3) is 5.49. The molecule has 0 aliphatic heterocycles. The molecule has 0 bridgehead atoms. The number of halogens is 4. The van der Waals surface area contributed by atoms with Crippen molar-refractivity contribution in [3.8, 4) is 16.8 Å². The molecule has 0 fully saturated rings. The highest BCUT2D eigenvalue weighted by Gasteiger charge is 2.30. The van der Waals surface area contributed by atoms with E-state index < -0.39 is 17.8 Å². The molecule has 0 unspecified atom stereocenters. The fraction of sp³-hybridized carbons (Fsp3) is 0.250. The molecule has 0 aliphatic carbocycles. The summed E-state index contributed by atoms with van der Waals surface area (Å²) in [5, 5.41) is 15.4. The predicted molar refractivity (Wildman–Crippen MR) is 128 cm³/mol. The number of aromatic nitrogens is 3. The van der Waals surface area contributed by atoms with Crippen LogP contribution in [-0.4, -0.2) is 51.1 Å². The van der Waals surface area contributed by atoms with Crippen LogP contribution in [0.4, 0.5) is 13.2 Å². The third-order valence-electron chi connectivity index (χ3n) is 5.33. The van der Waals surface area contributed by atoms with E-state index in [0.29, 0.717) is 29.9 Å². The van der Waals surface area contributed by atoms with Crippen LogP contribution in [0.15, 0.2) is 71.8 Å². The van der Waals surface area contributed by atoms with Crippen molar-refractivity contribution >= 4 is 23.3 Å². The number of rotatable bonds is 6. The Kier molecular flexibility index (Phi) is 7.50. The summed E-state index contributed by atoms with van der Waals surface area (Å²) in [6.07, 6.45) is -1.69. The Balaban J connectivity index is 0.00000324. The molecule has 34 heavy (non-hydrogen) atoms. The molecule has 2 heterocycles. The maximum Gasteiger partial charge on any atom is 0.416 e. The number of likely N-dealkylation sites (N-methyl/N-ethyl adjacent to an activating group) is 1. The van der Waals surface area contributed by atoms with Gasteiger partial charge in [-0.25, -0.2) is 0 Å². The fourth-order valence-electron chi connectivity index (χ4n) is 3.77. The Hall–Kier alpha value is -3.14. The Labute approximate surface area is 200 Å². The molecule has 1 N–H and O–H groups in total. The summed E-state index contributed by atoms with van der Waals surface area (Å²) in [4.78, 5) is 14.7. The van der Waals surface area contributed by atoms with E-state index in [1.54, 1.807) is 29.2 Å². The normalized spacial score (nSPS) is 12.7. The molecule has 6 nitrogen and oxygen atoms in total. The number of fused-ring (bicyclic) bond motifs is 1. The Morgan fingerprint density at radius 2 is 1.74 bits per heavy atom. The molecule has 0 spiro atoms. The molecule has 10 heteroatoms. The number of hydrogen-bond donors (Lipinski definition) is 1. The zero-order valence-electron chi connectivity index (χ0n) is 18.5. The predicted octanol–water partition coefficient (Wildman–Crippen LogP) is 4.22. The van der Waals surface area contributed by atoms with Crippen LogP contribution in [0.5, 0.6) is 0 Å². The summed E-state index contributed by atoms with van der Waals surface area (Å²) < 4.78 is 41.5. The van der Waals surface area contributed by atoms with Crippen molar-refractivity contribution in [2.45, 2.75) is 18.8 Å². The number of benzene rings is 2. The van der Waals surface area contributed by atoms with Gasteiger partial charge in [-0.05, 0) is 61.6 Å². The minimum Gasteiger partial charge on any atom is -0.390 e. The van der Waals surface area contributed by atoms with Gasteiger partial charge in [0.15, 0.2) is 0 Å². The quantitative estimate of drug-likeness (QED) is 0.438. The van der Waals surface area contributed by atoms with E-state index >= 15 is 0 Å². The van der Waals surface area contributed by atoms with Crippen molar-refractivity contribution in [2.24, 2.45) is 0 Å². The van der Waals surface area contributed by atoms with Gasteiger partial charge in [0.2, 0.25) is 0 Å². The van der Waals surface area contributed by atoms with Gasteiger partial charge in [0.25, 0.3) is 5.56 Å². The van der Waals surface area contributed by atoms with Crippen LogP contribution in [0.1, 0.15) is 5.56 Å². The zero-order chi connectivity index (χ0) is 23.8. The van der Waals surface area contributed by atoms with E-state index in [4.69, 9.17) is 0 Å². The molecule has 0 saturated carbocycles. The van der Waals surface area contributed by atoms with Crippen LogP contribution in [0, 0.1) is 0 Å². The second-order valence-electron chi connectivity index (χ2n) is 8.18. The van der Waals surface area contributed by atoms with Crippen molar-refractivity contribution in [2.75, 3.05) is 20.6 Å². The molecule has 0 radical (unpaired) electrons. The Bertz CT molecular complexity index is 1330. The summed E-state index contributed by atoms with van der Waals surface area (Å²) in [7, 11) is 3.77. The molecule has 180 valence electrons. The molecular formula is C24H24ClF3N4O2. The lowest BCUT2D eigenvalue weighted by atomic mass is 10.0. The van der Waals surface area contributed by atoms with Crippen molar-refractivity contribution in [3.05, 3.63) is 82.9 Å². The lowest BCUT2D eigenvalue weighted by Gasteiger charge is -2.16. The van der Waals surface area contributed by atoms with Gasteiger partial charge in [-0.3, -0.25) is 14.0 Å². The van der Waals surface area contributed by atoms with Crippen molar-refractivity contribution in [1.29, 1.82) is 0 Å². The van der Waals surface area contributed by atoms with Gasteiger partial charge in [-0.15, -0.1) is 12.4 Å². The first kappa shape index (κ1) is 25.5. The second-order valence-corrected chi connectivity index (χ2v) is 8.18. The molecule has 2 aromatic heterocycles. The van der Waals surface area contributed by atoms with Gasteiger partial charge in [0.05, 0.1) is 29.9 Å². The van der Waals surface area contributed by atoms with Crippen molar-refractivity contribution < 1.29 is 18.3 Å². The van der Waals surface area contributed by atoms with Crippen LogP contribution in [0.25, 0.3) is 27.7 Å². The summed E-state index contributed by atoms with van der Waals surface area (Å²) in [6, 6.07) is 13.3. The van der Waals surface area contributed by atoms with E-state index in [1.807, 2.05) is 31.1 Å². The summed E-state index contributed by atoms with van der Waals surface area (Å²) in [6.45, 7) is 0.864. The summed E-state index contributed by atoms with van der Waals surface area (Å²) in [5.41, 5.74) is 1.50. The lowest BCUT2D eigenvalue weighted by Crippen LogP contribution is -2.29. The van der Waals surface area contributed by atoms with Crippen LogP contribution in [0.2, 0.25) is 0 Å². The Morgan fingerprint density at radius 3 is 2.35 bits per heavy atom. The second kappa shape index (κ2) is 10.0. The van der Waals surface area contributed by atoms with E-state index in [0.717, 1.165) is 23.0 Å². The third-order valence-corrected chi connectivity index (χ3v) is 5.33. The number of pyridine rings is 1. The molecule has 2 aromatic carbocycles. The van der Waals surface area contributed by atoms with Crippen molar-refractivity contribution in [1.82, 2.24) is 19.2 Å². The molecule has 0 saturated heterocycles. The Morgan fingerprint density at radius 1 is 1.03 bits per heavy atom. The topological polar surface area (TPSA) is 63.3 Å². The maximum atomic E-state index is 12.8. The first-order chi connectivity index (χ1) is 15.6. The maximum absolute atomic E-state index is 12.8. The molecule has 0 amide bonds. The molecule has 0 aliphatic rings.